The van der Waals surface area contributed by atoms with Crippen molar-refractivity contribution in [3.8, 4) is 0 Å². The molecular weight excluding hydrogens is 308 g/mol. The highest BCUT2D eigenvalue weighted by Gasteiger charge is 2.44. The number of hydrazine groups is 1. The molecule has 0 unspecified atom stereocenters. The molecule has 0 aromatic rings. The zero-order valence-corrected chi connectivity index (χ0v) is 16.1. The van der Waals surface area contributed by atoms with Crippen molar-refractivity contribution in [1.82, 2.24) is 10.0 Å². The Bertz CT molecular complexity index is 412. The molecule has 1 saturated heterocycles. The molecule has 6 nitrogen and oxygen atoms in total. The highest BCUT2D eigenvalue weighted by molar-refractivity contribution is 5.71. The van der Waals surface area contributed by atoms with Crippen molar-refractivity contribution in [3.63, 3.8) is 0 Å². The van der Waals surface area contributed by atoms with Crippen molar-refractivity contribution >= 4 is 12.1 Å². The Labute approximate surface area is 146 Å². The Hall–Kier alpha value is -1.30. The molecule has 24 heavy (non-hydrogen) atoms. The highest BCUT2D eigenvalue weighted by Crippen LogP contribution is 2.33. The van der Waals surface area contributed by atoms with Gasteiger partial charge in [-0.05, 0) is 41.0 Å². The number of amides is 1. The Morgan fingerprint density at radius 2 is 1.83 bits per heavy atom. The fraction of sp³-hybridized carbons (Fsp3) is 0.889. The fourth-order valence-electron chi connectivity index (χ4n) is 3.34. The standard InChI is InChI=1S/C18H34N2O4/c1-7-9-10-16-15(11-17(21)23-8-2)12-19(20(16)13(3)4)18(22)24-14(5)6/h13-16H,7-12H2,1-6H3/t15-,16+/m0/s1. The Balaban J connectivity index is 2.95. The van der Waals surface area contributed by atoms with Crippen LogP contribution in [0.4, 0.5) is 4.79 Å². The first-order valence-electron chi connectivity index (χ1n) is 9.23. The summed E-state index contributed by atoms with van der Waals surface area (Å²) in [5.41, 5.74) is 0. The molecule has 0 saturated carbocycles. The van der Waals surface area contributed by atoms with Crippen LogP contribution in [-0.4, -0.2) is 53.4 Å². The number of rotatable bonds is 8. The highest BCUT2D eigenvalue weighted by atomic mass is 16.6. The van der Waals surface area contributed by atoms with Crippen LogP contribution in [0.5, 0.6) is 0 Å². The van der Waals surface area contributed by atoms with E-state index < -0.39 is 0 Å². The van der Waals surface area contributed by atoms with Gasteiger partial charge in [0, 0.05) is 24.5 Å². The molecule has 0 bridgehead atoms. The lowest BCUT2D eigenvalue weighted by Crippen LogP contribution is -2.49. The van der Waals surface area contributed by atoms with E-state index in [4.69, 9.17) is 9.47 Å². The first kappa shape index (κ1) is 20.7. The molecule has 0 N–H and O–H groups in total. The van der Waals surface area contributed by atoms with Crippen molar-refractivity contribution in [1.29, 1.82) is 0 Å². The van der Waals surface area contributed by atoms with E-state index in [1.54, 1.807) is 5.01 Å². The number of esters is 1. The average Bonchev–Trinajstić information content (AvgIpc) is 2.83. The number of unbranched alkanes of at least 4 members (excludes halogenated alkanes) is 1. The summed E-state index contributed by atoms with van der Waals surface area (Å²) in [5.74, 6) is -0.107. The SMILES string of the molecule is CCCC[C@@H]1[C@@H](CC(=O)OCC)CN(C(=O)OC(C)C)N1C(C)C. The third-order valence-corrected chi connectivity index (χ3v) is 4.23. The van der Waals surface area contributed by atoms with Gasteiger partial charge in [0.25, 0.3) is 0 Å². The van der Waals surface area contributed by atoms with Gasteiger partial charge in [0.15, 0.2) is 0 Å². The molecule has 6 heteroatoms. The van der Waals surface area contributed by atoms with E-state index >= 15 is 0 Å². The molecular formula is C18H34N2O4. The van der Waals surface area contributed by atoms with Crippen LogP contribution in [0, 0.1) is 5.92 Å². The van der Waals surface area contributed by atoms with Gasteiger partial charge in [-0.25, -0.2) is 14.8 Å². The minimum atomic E-state index is -0.327. The minimum absolute atomic E-state index is 0.0812. The second-order valence-corrected chi connectivity index (χ2v) is 6.97. The first-order chi connectivity index (χ1) is 11.3. The molecule has 0 spiro atoms. The summed E-state index contributed by atoms with van der Waals surface area (Å²) in [6, 6.07) is 0.327. The maximum Gasteiger partial charge on any atom is 0.424 e. The lowest BCUT2D eigenvalue weighted by atomic mass is 9.93. The van der Waals surface area contributed by atoms with E-state index in [0.29, 0.717) is 19.6 Å². The Morgan fingerprint density at radius 3 is 2.33 bits per heavy atom. The summed E-state index contributed by atoms with van der Waals surface area (Å²) in [5, 5.41) is 3.79. The van der Waals surface area contributed by atoms with E-state index in [1.165, 1.54) is 0 Å². The van der Waals surface area contributed by atoms with Gasteiger partial charge in [0.05, 0.1) is 19.1 Å². The summed E-state index contributed by atoms with van der Waals surface area (Å²) in [4.78, 5) is 24.5. The maximum atomic E-state index is 12.5. The number of ether oxygens (including phenoxy) is 2. The van der Waals surface area contributed by atoms with Gasteiger partial charge in [0.2, 0.25) is 0 Å². The zero-order chi connectivity index (χ0) is 18.3. The van der Waals surface area contributed by atoms with Gasteiger partial charge in [-0.3, -0.25) is 4.79 Å². The molecule has 0 aromatic carbocycles. The Morgan fingerprint density at radius 1 is 1.17 bits per heavy atom. The van der Waals surface area contributed by atoms with E-state index in [9.17, 15) is 9.59 Å². The average molecular weight is 342 g/mol. The van der Waals surface area contributed by atoms with Crippen LogP contribution in [0.2, 0.25) is 0 Å². The normalized spacial score (nSPS) is 21.6. The molecule has 1 aliphatic rings. The van der Waals surface area contributed by atoms with Gasteiger partial charge >= 0.3 is 12.1 Å². The molecule has 1 heterocycles. The van der Waals surface area contributed by atoms with Crippen LogP contribution >= 0.6 is 0 Å². The summed E-state index contributed by atoms with van der Waals surface area (Å²) >= 11 is 0. The molecule has 0 radical (unpaired) electrons. The molecule has 0 aromatic heterocycles. The largest absolute Gasteiger partial charge is 0.466 e. The van der Waals surface area contributed by atoms with Crippen LogP contribution in [0.25, 0.3) is 0 Å². The topological polar surface area (TPSA) is 59.1 Å². The summed E-state index contributed by atoms with van der Waals surface area (Å²) in [7, 11) is 0. The predicted octanol–water partition coefficient (Wildman–Crippen LogP) is 3.60. The third kappa shape index (κ3) is 5.65. The number of carbonyl (C=O) groups is 2. The Kier molecular flexibility index (Phi) is 8.53. The van der Waals surface area contributed by atoms with Crippen LogP contribution in [0.1, 0.15) is 67.2 Å². The van der Waals surface area contributed by atoms with Crippen molar-refractivity contribution in [2.75, 3.05) is 13.2 Å². The van der Waals surface area contributed by atoms with Crippen LogP contribution < -0.4 is 0 Å². The molecule has 1 rings (SSSR count). The van der Waals surface area contributed by atoms with E-state index in [1.807, 2.05) is 20.8 Å². The van der Waals surface area contributed by atoms with Crippen LogP contribution in [0.3, 0.4) is 0 Å². The fourth-order valence-corrected chi connectivity index (χ4v) is 3.34. The van der Waals surface area contributed by atoms with E-state index in [-0.39, 0.29) is 36.2 Å². The van der Waals surface area contributed by atoms with Gasteiger partial charge in [-0.15, -0.1) is 0 Å². The lowest BCUT2D eigenvalue weighted by Gasteiger charge is -2.35. The maximum absolute atomic E-state index is 12.5. The molecule has 0 aliphatic carbocycles. The molecule has 1 fully saturated rings. The number of hydrogen-bond acceptors (Lipinski definition) is 5. The zero-order valence-electron chi connectivity index (χ0n) is 16.1. The summed E-state index contributed by atoms with van der Waals surface area (Å²) in [6.45, 7) is 12.7. The van der Waals surface area contributed by atoms with Gasteiger partial charge < -0.3 is 9.47 Å². The summed E-state index contributed by atoms with van der Waals surface area (Å²) < 4.78 is 10.5. The van der Waals surface area contributed by atoms with Gasteiger partial charge in [-0.1, -0.05) is 19.8 Å². The number of hydrogen-bond donors (Lipinski definition) is 0. The van der Waals surface area contributed by atoms with Gasteiger partial charge in [-0.2, -0.15) is 0 Å². The lowest BCUT2D eigenvalue weighted by molar-refractivity contribution is -0.144. The molecule has 140 valence electrons. The smallest absolute Gasteiger partial charge is 0.424 e. The van der Waals surface area contributed by atoms with Crippen LogP contribution in [-0.2, 0) is 14.3 Å². The van der Waals surface area contributed by atoms with Gasteiger partial charge in [0.1, 0.15) is 0 Å². The summed E-state index contributed by atoms with van der Waals surface area (Å²) in [6.07, 6.45) is 2.98. The molecule has 1 amide bonds. The van der Waals surface area contributed by atoms with Crippen LogP contribution in [0.15, 0.2) is 0 Å². The molecule has 2 atom stereocenters. The predicted molar refractivity (Wildman–Crippen MR) is 93.4 cm³/mol. The first-order valence-corrected chi connectivity index (χ1v) is 9.23. The second kappa shape index (κ2) is 9.87. The van der Waals surface area contributed by atoms with Crippen molar-refractivity contribution in [2.45, 2.75) is 85.4 Å². The number of carbonyl (C=O) groups excluding carboxylic acids is 2. The second-order valence-electron chi connectivity index (χ2n) is 6.97. The minimum Gasteiger partial charge on any atom is -0.466 e. The molecule has 1 aliphatic heterocycles. The van der Waals surface area contributed by atoms with Crippen molar-refractivity contribution in [3.05, 3.63) is 0 Å². The van der Waals surface area contributed by atoms with Crippen molar-refractivity contribution < 1.29 is 19.1 Å². The third-order valence-electron chi connectivity index (χ3n) is 4.23. The van der Waals surface area contributed by atoms with Crippen molar-refractivity contribution in [2.24, 2.45) is 5.92 Å². The number of nitrogens with zero attached hydrogens (tertiary/aromatic N) is 2. The van der Waals surface area contributed by atoms with E-state index in [2.05, 4.69) is 25.8 Å². The quantitative estimate of drug-likeness (QED) is 0.631. The van der Waals surface area contributed by atoms with E-state index in [0.717, 1.165) is 19.3 Å². The monoisotopic (exact) mass is 342 g/mol.